The Kier molecular flexibility index (Phi) is 4.76. The first-order valence-electron chi connectivity index (χ1n) is 6.18. The fraction of sp³-hybridized carbons (Fsp3) is 0.214. The molecule has 0 radical (unpaired) electrons. The molecule has 0 aliphatic carbocycles. The van der Waals surface area contributed by atoms with Crippen LogP contribution in [0.3, 0.4) is 0 Å². The van der Waals surface area contributed by atoms with Crippen molar-refractivity contribution >= 4 is 11.8 Å². The van der Waals surface area contributed by atoms with E-state index in [0.29, 0.717) is 24.3 Å². The molecule has 0 bridgehead atoms. The molecule has 1 N–H and O–H groups in total. The predicted molar refractivity (Wildman–Crippen MR) is 71.9 cm³/mol. The number of nitrogens with zero attached hydrogens (tertiary/aromatic N) is 2. The molecule has 0 amide bonds. The lowest BCUT2D eigenvalue weighted by Crippen LogP contribution is -2.11. The van der Waals surface area contributed by atoms with E-state index in [4.69, 9.17) is 0 Å². The molecule has 0 fully saturated rings. The molecule has 2 rings (SSSR count). The fourth-order valence-corrected chi connectivity index (χ4v) is 1.74. The quantitative estimate of drug-likeness (QED) is 0.856. The van der Waals surface area contributed by atoms with Crippen molar-refractivity contribution < 1.29 is 18.3 Å². The SMILES string of the molecule is COC(=O)c1nccc(NCCc2cc(F)cc(F)c2)n1. The van der Waals surface area contributed by atoms with E-state index in [1.807, 2.05) is 0 Å². The summed E-state index contributed by atoms with van der Waals surface area (Å²) in [4.78, 5) is 19.0. The van der Waals surface area contributed by atoms with Crippen LogP contribution in [0.15, 0.2) is 30.5 Å². The van der Waals surface area contributed by atoms with Gasteiger partial charge >= 0.3 is 5.97 Å². The normalized spacial score (nSPS) is 10.2. The average molecular weight is 293 g/mol. The first-order chi connectivity index (χ1) is 10.1. The molecule has 0 atom stereocenters. The molecule has 7 heteroatoms. The Bertz CT molecular complexity index is 630. The molecular weight excluding hydrogens is 280 g/mol. The third kappa shape index (κ3) is 4.20. The molecule has 0 saturated carbocycles. The summed E-state index contributed by atoms with van der Waals surface area (Å²) in [6, 6.07) is 4.94. The van der Waals surface area contributed by atoms with E-state index in [2.05, 4.69) is 20.0 Å². The monoisotopic (exact) mass is 293 g/mol. The minimum absolute atomic E-state index is 0.0562. The third-order valence-electron chi connectivity index (χ3n) is 2.67. The maximum absolute atomic E-state index is 13.0. The Morgan fingerprint density at radius 3 is 2.67 bits per heavy atom. The molecule has 5 nitrogen and oxygen atoms in total. The van der Waals surface area contributed by atoms with Crippen molar-refractivity contribution in [3.8, 4) is 0 Å². The molecule has 21 heavy (non-hydrogen) atoms. The summed E-state index contributed by atoms with van der Waals surface area (Å²) in [6.07, 6.45) is 1.83. The van der Waals surface area contributed by atoms with E-state index in [0.717, 1.165) is 6.07 Å². The van der Waals surface area contributed by atoms with Crippen LogP contribution in [0.5, 0.6) is 0 Å². The fourth-order valence-electron chi connectivity index (χ4n) is 1.74. The molecular formula is C14H13F2N3O2. The van der Waals surface area contributed by atoms with Crippen LogP contribution in [-0.2, 0) is 11.2 Å². The summed E-state index contributed by atoms with van der Waals surface area (Å²) in [6.45, 7) is 0.403. The van der Waals surface area contributed by atoms with Gasteiger partial charge in [0.2, 0.25) is 5.82 Å². The zero-order chi connectivity index (χ0) is 15.2. The van der Waals surface area contributed by atoms with E-state index in [1.54, 1.807) is 6.07 Å². The van der Waals surface area contributed by atoms with Crippen molar-refractivity contribution in [3.05, 3.63) is 53.5 Å². The van der Waals surface area contributed by atoms with Crippen LogP contribution in [0.4, 0.5) is 14.6 Å². The summed E-state index contributed by atoms with van der Waals surface area (Å²) in [5.41, 5.74) is 0.530. The predicted octanol–water partition coefficient (Wildman–Crippen LogP) is 2.20. The summed E-state index contributed by atoms with van der Waals surface area (Å²) in [5.74, 6) is -1.48. The highest BCUT2D eigenvalue weighted by Crippen LogP contribution is 2.09. The number of carbonyl (C=O) groups is 1. The molecule has 110 valence electrons. The van der Waals surface area contributed by atoms with Crippen LogP contribution in [0.25, 0.3) is 0 Å². The molecule has 1 aromatic carbocycles. The zero-order valence-corrected chi connectivity index (χ0v) is 11.3. The highest BCUT2D eigenvalue weighted by Gasteiger charge is 2.09. The second-order valence-corrected chi connectivity index (χ2v) is 4.21. The summed E-state index contributed by atoms with van der Waals surface area (Å²) >= 11 is 0. The summed E-state index contributed by atoms with van der Waals surface area (Å²) in [7, 11) is 1.24. The zero-order valence-electron chi connectivity index (χ0n) is 11.3. The molecule has 0 unspecified atom stereocenters. The second kappa shape index (κ2) is 6.74. The number of aromatic nitrogens is 2. The lowest BCUT2D eigenvalue weighted by Gasteiger charge is -2.06. The van der Waals surface area contributed by atoms with Crippen LogP contribution in [0.2, 0.25) is 0 Å². The van der Waals surface area contributed by atoms with E-state index in [9.17, 15) is 13.6 Å². The maximum Gasteiger partial charge on any atom is 0.376 e. The van der Waals surface area contributed by atoms with Crippen LogP contribution in [0.1, 0.15) is 16.2 Å². The molecule has 1 heterocycles. The van der Waals surface area contributed by atoms with Crippen molar-refractivity contribution in [2.45, 2.75) is 6.42 Å². The molecule has 2 aromatic rings. The summed E-state index contributed by atoms with van der Waals surface area (Å²) in [5, 5.41) is 2.95. The van der Waals surface area contributed by atoms with E-state index in [1.165, 1.54) is 25.4 Å². The van der Waals surface area contributed by atoms with E-state index < -0.39 is 17.6 Å². The second-order valence-electron chi connectivity index (χ2n) is 4.21. The van der Waals surface area contributed by atoms with Gasteiger partial charge in [0.05, 0.1) is 7.11 Å². The van der Waals surface area contributed by atoms with Crippen molar-refractivity contribution in [1.82, 2.24) is 9.97 Å². The third-order valence-corrected chi connectivity index (χ3v) is 2.67. The van der Waals surface area contributed by atoms with Crippen molar-refractivity contribution in [3.63, 3.8) is 0 Å². The number of ether oxygens (including phenoxy) is 1. The number of halogens is 2. The van der Waals surface area contributed by atoms with Gasteiger partial charge in [-0.05, 0) is 30.2 Å². The largest absolute Gasteiger partial charge is 0.463 e. The number of hydrogen-bond donors (Lipinski definition) is 1. The minimum Gasteiger partial charge on any atom is -0.463 e. The number of benzene rings is 1. The molecule has 0 aliphatic heterocycles. The number of nitrogens with one attached hydrogen (secondary N) is 1. The molecule has 0 saturated heterocycles. The highest BCUT2D eigenvalue weighted by atomic mass is 19.1. The van der Waals surface area contributed by atoms with Gasteiger partial charge in [-0.3, -0.25) is 0 Å². The minimum atomic E-state index is -0.633. The molecule has 0 aliphatic rings. The lowest BCUT2D eigenvalue weighted by atomic mass is 10.1. The first kappa shape index (κ1) is 14.8. The highest BCUT2D eigenvalue weighted by molar-refractivity contribution is 5.85. The van der Waals surface area contributed by atoms with E-state index >= 15 is 0 Å². The molecule has 0 spiro atoms. The Morgan fingerprint density at radius 1 is 1.29 bits per heavy atom. The van der Waals surface area contributed by atoms with Crippen molar-refractivity contribution in [1.29, 1.82) is 0 Å². The van der Waals surface area contributed by atoms with Crippen LogP contribution in [-0.4, -0.2) is 29.6 Å². The Hall–Kier alpha value is -2.57. The van der Waals surface area contributed by atoms with Gasteiger partial charge in [-0.2, -0.15) is 0 Å². The Morgan fingerprint density at radius 2 is 2.00 bits per heavy atom. The van der Waals surface area contributed by atoms with Gasteiger partial charge in [-0.1, -0.05) is 0 Å². The van der Waals surface area contributed by atoms with Crippen LogP contribution in [0, 0.1) is 11.6 Å². The van der Waals surface area contributed by atoms with Gasteiger partial charge in [0.25, 0.3) is 0 Å². The maximum atomic E-state index is 13.0. The number of anilines is 1. The number of carbonyl (C=O) groups excluding carboxylic acids is 1. The van der Waals surface area contributed by atoms with Gasteiger partial charge in [0.15, 0.2) is 0 Å². The average Bonchev–Trinajstić information content (AvgIpc) is 2.46. The number of hydrogen-bond acceptors (Lipinski definition) is 5. The van der Waals surface area contributed by atoms with E-state index in [-0.39, 0.29) is 5.82 Å². The molecule has 1 aromatic heterocycles. The lowest BCUT2D eigenvalue weighted by molar-refractivity contribution is 0.0587. The topological polar surface area (TPSA) is 64.1 Å². The van der Waals surface area contributed by atoms with Gasteiger partial charge < -0.3 is 10.1 Å². The smallest absolute Gasteiger partial charge is 0.376 e. The van der Waals surface area contributed by atoms with Crippen LogP contribution < -0.4 is 5.32 Å². The van der Waals surface area contributed by atoms with Gasteiger partial charge in [-0.25, -0.2) is 23.5 Å². The summed E-state index contributed by atoms with van der Waals surface area (Å²) < 4.78 is 30.6. The van der Waals surface area contributed by atoms with Gasteiger partial charge in [-0.15, -0.1) is 0 Å². The van der Waals surface area contributed by atoms with Crippen molar-refractivity contribution in [2.24, 2.45) is 0 Å². The Labute approximate surface area is 120 Å². The van der Waals surface area contributed by atoms with Crippen LogP contribution >= 0.6 is 0 Å². The Balaban J connectivity index is 1.95. The number of esters is 1. The first-order valence-corrected chi connectivity index (χ1v) is 6.18. The van der Waals surface area contributed by atoms with Gasteiger partial charge in [0.1, 0.15) is 17.5 Å². The van der Waals surface area contributed by atoms with Crippen molar-refractivity contribution in [2.75, 3.05) is 19.0 Å². The number of methoxy groups -OCH3 is 1. The number of rotatable bonds is 5. The standard InChI is InChI=1S/C14H13F2N3O2/c1-21-14(20)13-18-5-3-12(19-13)17-4-2-9-6-10(15)8-11(16)7-9/h3,5-8H,2,4H2,1H3,(H,17,18,19). The van der Waals surface area contributed by atoms with Gasteiger partial charge in [0, 0.05) is 18.8 Å².